The number of carbonyl (C=O) groups is 1. The Bertz CT molecular complexity index is 1100. The molecule has 4 heterocycles. The molecule has 182 valence electrons. The van der Waals surface area contributed by atoms with Crippen LogP contribution in [0.4, 0.5) is 10.6 Å². The normalized spacial score (nSPS) is 27.0. The molecule has 4 fully saturated rings. The number of nitrogens with zero attached hydrogens (tertiary/aromatic N) is 4. The fraction of sp³-hybridized carbons (Fsp3) is 0.542. The van der Waals surface area contributed by atoms with Crippen molar-refractivity contribution in [1.82, 2.24) is 24.7 Å². The number of hydrogen-bond acceptors (Lipinski definition) is 6. The molecular formula is C24H32ClN7O2. The van der Waals surface area contributed by atoms with Gasteiger partial charge in [0.1, 0.15) is 5.82 Å². The predicted molar refractivity (Wildman–Crippen MR) is 132 cm³/mol. The number of anilines is 1. The molecule has 2 aromatic rings. The molecule has 1 aromatic carbocycles. The Morgan fingerprint density at radius 2 is 1.79 bits per heavy atom. The van der Waals surface area contributed by atoms with Gasteiger partial charge in [0, 0.05) is 58.1 Å². The second-order valence-corrected chi connectivity index (χ2v) is 10.3. The lowest BCUT2D eigenvalue weighted by atomic mass is 9.73. The molecule has 1 saturated carbocycles. The molecule has 3 saturated heterocycles. The van der Waals surface area contributed by atoms with Gasteiger partial charge in [0.25, 0.3) is 0 Å². The van der Waals surface area contributed by atoms with Crippen molar-refractivity contribution >= 4 is 24.3 Å². The van der Waals surface area contributed by atoms with E-state index >= 15 is 0 Å². The molecule has 10 heteroatoms. The number of piperidine rings is 2. The van der Waals surface area contributed by atoms with Crippen LogP contribution in [0.2, 0.25) is 0 Å². The number of nitrogens with one attached hydrogen (secondary N) is 2. The van der Waals surface area contributed by atoms with Crippen LogP contribution in [0.15, 0.2) is 41.3 Å². The summed E-state index contributed by atoms with van der Waals surface area (Å²) in [6.07, 6.45) is 3.70. The third-order valence-corrected chi connectivity index (χ3v) is 8.11. The summed E-state index contributed by atoms with van der Waals surface area (Å²) in [4.78, 5) is 33.6. The van der Waals surface area contributed by atoms with Crippen LogP contribution in [0.3, 0.4) is 0 Å². The molecule has 1 aliphatic carbocycles. The highest BCUT2D eigenvalue weighted by Gasteiger charge is 2.53. The lowest BCUT2D eigenvalue weighted by Crippen LogP contribution is -2.59. The van der Waals surface area contributed by atoms with E-state index in [2.05, 4.69) is 32.7 Å². The van der Waals surface area contributed by atoms with Gasteiger partial charge in [0.2, 0.25) is 0 Å². The van der Waals surface area contributed by atoms with Crippen molar-refractivity contribution in [3.8, 4) is 5.69 Å². The molecule has 1 spiro atoms. The SMILES string of the molecule is Cl.NC1C2CN(Cc3ccc(-n4ccc(NC(=O)N5CCC6(CC5)CNC6)nc4=O)cc3)CC12. The summed E-state index contributed by atoms with van der Waals surface area (Å²) in [6, 6.07) is 9.90. The van der Waals surface area contributed by atoms with Crippen LogP contribution in [0.25, 0.3) is 5.69 Å². The minimum absolute atomic E-state index is 0. The highest BCUT2D eigenvalue weighted by atomic mass is 35.5. The van der Waals surface area contributed by atoms with E-state index in [4.69, 9.17) is 5.73 Å². The van der Waals surface area contributed by atoms with Crippen LogP contribution in [-0.2, 0) is 6.54 Å². The van der Waals surface area contributed by atoms with E-state index < -0.39 is 5.69 Å². The maximum Gasteiger partial charge on any atom is 0.354 e. The van der Waals surface area contributed by atoms with Crippen molar-refractivity contribution in [2.45, 2.75) is 25.4 Å². The van der Waals surface area contributed by atoms with E-state index in [0.29, 0.717) is 23.3 Å². The number of halogens is 1. The van der Waals surface area contributed by atoms with Crippen LogP contribution in [0.1, 0.15) is 18.4 Å². The largest absolute Gasteiger partial charge is 0.354 e. The average Bonchev–Trinajstić information content (AvgIpc) is 3.18. The van der Waals surface area contributed by atoms with E-state index in [1.165, 1.54) is 10.1 Å². The van der Waals surface area contributed by atoms with E-state index in [0.717, 1.165) is 64.3 Å². The molecule has 0 radical (unpaired) electrons. The number of fused-ring (bicyclic) bond motifs is 1. The summed E-state index contributed by atoms with van der Waals surface area (Å²) in [5.41, 5.74) is 7.98. The minimum Gasteiger partial charge on any atom is -0.327 e. The molecule has 0 bridgehead atoms. The molecule has 1 aromatic heterocycles. The number of aromatic nitrogens is 2. The van der Waals surface area contributed by atoms with Gasteiger partial charge >= 0.3 is 11.7 Å². The zero-order valence-corrected chi connectivity index (χ0v) is 20.0. The molecule has 9 nitrogen and oxygen atoms in total. The number of carbonyl (C=O) groups excluding carboxylic acids is 1. The van der Waals surface area contributed by atoms with Crippen molar-refractivity contribution in [2.24, 2.45) is 23.0 Å². The summed E-state index contributed by atoms with van der Waals surface area (Å²) in [5, 5.41) is 6.12. The van der Waals surface area contributed by atoms with Gasteiger partial charge in [-0.3, -0.25) is 14.8 Å². The Balaban J connectivity index is 0.00000241. The zero-order chi connectivity index (χ0) is 22.6. The molecular weight excluding hydrogens is 454 g/mol. The second-order valence-electron chi connectivity index (χ2n) is 10.3. The maximum atomic E-state index is 12.6. The monoisotopic (exact) mass is 485 g/mol. The van der Waals surface area contributed by atoms with Crippen molar-refractivity contribution in [3.05, 3.63) is 52.6 Å². The van der Waals surface area contributed by atoms with Gasteiger partial charge in [0.05, 0.1) is 5.69 Å². The van der Waals surface area contributed by atoms with Gasteiger partial charge in [0.15, 0.2) is 0 Å². The predicted octanol–water partition coefficient (Wildman–Crippen LogP) is 1.26. The van der Waals surface area contributed by atoms with Crippen LogP contribution in [-0.4, -0.2) is 70.7 Å². The van der Waals surface area contributed by atoms with Gasteiger partial charge in [-0.25, -0.2) is 9.59 Å². The standard InChI is InChI=1S/C24H31N7O2.ClH/c25-21-18-12-29(13-19(18)21)11-16-1-3-17(4-2-16)31-8-5-20(28-23(31)33)27-22(32)30-9-6-24(7-10-30)14-26-15-24;/h1-5,8,18-19,21,26H,6-7,9-15,25H2,(H,27,28,32,33);1H. The van der Waals surface area contributed by atoms with Crippen molar-refractivity contribution < 1.29 is 4.79 Å². The van der Waals surface area contributed by atoms with Crippen molar-refractivity contribution in [2.75, 3.05) is 44.6 Å². The summed E-state index contributed by atoms with van der Waals surface area (Å²) in [6.45, 7) is 6.66. The fourth-order valence-corrected chi connectivity index (χ4v) is 5.68. The Morgan fingerprint density at radius 3 is 2.38 bits per heavy atom. The molecule has 2 unspecified atom stereocenters. The van der Waals surface area contributed by atoms with Gasteiger partial charge in [-0.1, -0.05) is 12.1 Å². The summed E-state index contributed by atoms with van der Waals surface area (Å²) < 4.78 is 1.50. The Labute approximate surface area is 205 Å². The first kappa shape index (κ1) is 23.3. The number of urea groups is 1. The maximum absolute atomic E-state index is 12.6. The third-order valence-electron chi connectivity index (χ3n) is 8.11. The van der Waals surface area contributed by atoms with E-state index in [9.17, 15) is 9.59 Å². The number of amides is 2. The van der Waals surface area contributed by atoms with E-state index in [-0.39, 0.29) is 24.3 Å². The highest BCUT2D eigenvalue weighted by Crippen LogP contribution is 2.44. The fourth-order valence-electron chi connectivity index (χ4n) is 5.68. The minimum atomic E-state index is -0.410. The quantitative estimate of drug-likeness (QED) is 0.601. The molecule has 2 amide bonds. The number of rotatable bonds is 4. The molecule has 4 aliphatic rings. The number of likely N-dealkylation sites (tertiary alicyclic amines) is 2. The molecule has 6 rings (SSSR count). The second kappa shape index (κ2) is 8.96. The lowest BCUT2D eigenvalue weighted by Gasteiger charge is -2.48. The Morgan fingerprint density at radius 1 is 1.12 bits per heavy atom. The summed E-state index contributed by atoms with van der Waals surface area (Å²) >= 11 is 0. The Hall–Kier alpha value is -2.46. The van der Waals surface area contributed by atoms with Gasteiger partial charge in [-0.2, -0.15) is 4.98 Å². The van der Waals surface area contributed by atoms with Gasteiger partial charge in [-0.05, 0) is 53.9 Å². The Kier molecular flexibility index (Phi) is 6.14. The molecule has 3 aliphatic heterocycles. The van der Waals surface area contributed by atoms with Crippen LogP contribution >= 0.6 is 12.4 Å². The first-order valence-corrected chi connectivity index (χ1v) is 11.9. The van der Waals surface area contributed by atoms with Gasteiger partial charge < -0.3 is 16.0 Å². The third kappa shape index (κ3) is 4.33. The zero-order valence-electron chi connectivity index (χ0n) is 19.2. The number of benzene rings is 1. The van der Waals surface area contributed by atoms with Crippen LogP contribution in [0.5, 0.6) is 0 Å². The van der Waals surface area contributed by atoms with E-state index in [1.54, 1.807) is 12.3 Å². The highest BCUT2D eigenvalue weighted by molar-refractivity contribution is 5.88. The van der Waals surface area contributed by atoms with Crippen LogP contribution in [0, 0.1) is 17.3 Å². The average molecular weight is 486 g/mol. The van der Waals surface area contributed by atoms with Crippen molar-refractivity contribution in [3.63, 3.8) is 0 Å². The number of hydrogen-bond donors (Lipinski definition) is 3. The van der Waals surface area contributed by atoms with Gasteiger partial charge in [-0.15, -0.1) is 12.4 Å². The molecule has 34 heavy (non-hydrogen) atoms. The summed E-state index contributed by atoms with van der Waals surface area (Å²) in [7, 11) is 0. The molecule has 4 N–H and O–H groups in total. The topological polar surface area (TPSA) is 109 Å². The summed E-state index contributed by atoms with van der Waals surface area (Å²) in [5.74, 6) is 1.65. The van der Waals surface area contributed by atoms with Crippen molar-refractivity contribution in [1.29, 1.82) is 0 Å². The first-order chi connectivity index (χ1) is 16.0. The first-order valence-electron chi connectivity index (χ1n) is 11.9. The lowest BCUT2D eigenvalue weighted by molar-refractivity contribution is 0.0718. The smallest absolute Gasteiger partial charge is 0.327 e. The van der Waals surface area contributed by atoms with Crippen LogP contribution < -0.4 is 22.1 Å². The van der Waals surface area contributed by atoms with E-state index in [1.807, 2.05) is 17.0 Å². The molecule has 2 atom stereocenters. The number of nitrogens with two attached hydrogens (primary N) is 1.